The molecule has 0 heterocycles. The summed E-state index contributed by atoms with van der Waals surface area (Å²) in [5.41, 5.74) is 0.247. The molecule has 0 saturated carbocycles. The second kappa shape index (κ2) is 6.76. The van der Waals surface area contributed by atoms with Crippen LogP contribution in [0.15, 0.2) is 36.9 Å². The van der Waals surface area contributed by atoms with Crippen molar-refractivity contribution in [2.75, 3.05) is 0 Å². The Morgan fingerprint density at radius 2 is 2.00 bits per heavy atom. The smallest absolute Gasteiger partial charge is 0.406 e. The van der Waals surface area contributed by atoms with E-state index in [0.717, 1.165) is 18.2 Å². The normalized spacial score (nSPS) is 13.7. The number of carbonyl (C=O) groups excluding carboxylic acids is 1. The Balaban J connectivity index is 2.81. The Bertz CT molecular complexity index is 549. The third-order valence-corrected chi connectivity index (χ3v) is 2.35. The molecular formula is C13H11F3N2O3. The number of halogens is 3. The highest BCUT2D eigenvalue weighted by molar-refractivity contribution is 5.82. The molecule has 5 nitrogen and oxygen atoms in total. The Labute approximate surface area is 118 Å². The molecule has 0 bridgehead atoms. The highest BCUT2D eigenvalue weighted by atomic mass is 19.4. The van der Waals surface area contributed by atoms with Gasteiger partial charge >= 0.3 is 6.36 Å². The number of nitrogens with zero attached hydrogens (tertiary/aromatic N) is 1. The fraction of sp³-hybridized carbons (Fsp3) is 0.231. The van der Waals surface area contributed by atoms with Crippen molar-refractivity contribution in [3.05, 3.63) is 42.5 Å². The highest BCUT2D eigenvalue weighted by Gasteiger charge is 2.31. The van der Waals surface area contributed by atoms with Crippen LogP contribution >= 0.6 is 0 Å². The van der Waals surface area contributed by atoms with E-state index >= 15 is 0 Å². The minimum atomic E-state index is -4.81. The predicted octanol–water partition coefficient (Wildman–Crippen LogP) is 1.81. The van der Waals surface area contributed by atoms with Gasteiger partial charge in [0.2, 0.25) is 0 Å². The van der Waals surface area contributed by atoms with E-state index in [4.69, 9.17) is 5.26 Å². The Hall–Kier alpha value is -2.53. The maximum absolute atomic E-state index is 12.0. The predicted molar refractivity (Wildman–Crippen MR) is 65.8 cm³/mol. The molecule has 2 unspecified atom stereocenters. The first-order valence-electron chi connectivity index (χ1n) is 5.63. The van der Waals surface area contributed by atoms with Gasteiger partial charge in [0.25, 0.3) is 5.91 Å². The van der Waals surface area contributed by atoms with Crippen molar-refractivity contribution >= 4 is 5.91 Å². The third-order valence-electron chi connectivity index (χ3n) is 2.35. The van der Waals surface area contributed by atoms with Crippen LogP contribution in [0, 0.1) is 11.3 Å². The summed E-state index contributed by atoms with van der Waals surface area (Å²) in [6, 6.07) is 5.08. The van der Waals surface area contributed by atoms with Gasteiger partial charge in [-0.1, -0.05) is 24.8 Å². The number of aliphatic hydroxyl groups excluding tert-OH is 1. The number of nitrogens with one attached hydrogen (secondary N) is 1. The van der Waals surface area contributed by atoms with Gasteiger partial charge in [-0.05, 0) is 17.7 Å². The summed E-state index contributed by atoms with van der Waals surface area (Å²) in [5.74, 6) is -1.28. The van der Waals surface area contributed by atoms with Gasteiger partial charge in [-0.2, -0.15) is 5.26 Å². The minimum Gasteiger partial charge on any atom is -0.406 e. The van der Waals surface area contributed by atoms with E-state index in [-0.39, 0.29) is 5.56 Å². The first kappa shape index (κ1) is 16.5. The summed E-state index contributed by atoms with van der Waals surface area (Å²) < 4.78 is 39.7. The Kier molecular flexibility index (Phi) is 5.32. The number of carbonyl (C=O) groups is 1. The lowest BCUT2D eigenvalue weighted by molar-refractivity contribution is -0.274. The molecule has 1 amide bonds. The largest absolute Gasteiger partial charge is 0.573 e. The molecule has 1 rings (SSSR count). The van der Waals surface area contributed by atoms with Gasteiger partial charge in [-0.15, -0.1) is 13.2 Å². The molecule has 0 aliphatic rings. The fourth-order valence-electron chi connectivity index (χ4n) is 1.39. The number of hydrogen-bond acceptors (Lipinski definition) is 4. The lowest BCUT2D eigenvalue weighted by Crippen LogP contribution is -2.35. The van der Waals surface area contributed by atoms with Crippen LogP contribution in [0.5, 0.6) is 5.75 Å². The van der Waals surface area contributed by atoms with E-state index in [9.17, 15) is 23.1 Å². The highest BCUT2D eigenvalue weighted by Crippen LogP contribution is 2.24. The maximum atomic E-state index is 12.0. The molecule has 8 heteroatoms. The molecule has 1 aromatic rings. The zero-order valence-electron chi connectivity index (χ0n) is 10.6. The molecule has 2 N–H and O–H groups in total. The quantitative estimate of drug-likeness (QED) is 0.813. The number of amides is 1. The molecule has 0 aliphatic carbocycles. The first-order chi connectivity index (χ1) is 9.76. The van der Waals surface area contributed by atoms with Gasteiger partial charge in [0, 0.05) is 0 Å². The van der Waals surface area contributed by atoms with Gasteiger partial charge in [0.15, 0.2) is 6.10 Å². The van der Waals surface area contributed by atoms with Crippen LogP contribution in [0.3, 0.4) is 0 Å². The molecule has 1 aromatic carbocycles. The summed E-state index contributed by atoms with van der Waals surface area (Å²) in [7, 11) is 0. The van der Waals surface area contributed by atoms with Crippen LogP contribution in [0.1, 0.15) is 11.6 Å². The van der Waals surface area contributed by atoms with Gasteiger partial charge in [0.05, 0.1) is 6.07 Å². The van der Waals surface area contributed by atoms with Crippen LogP contribution in [-0.4, -0.2) is 23.5 Å². The van der Waals surface area contributed by atoms with Crippen LogP contribution in [-0.2, 0) is 4.79 Å². The van der Waals surface area contributed by atoms with Crippen molar-refractivity contribution in [1.29, 1.82) is 5.26 Å². The van der Waals surface area contributed by atoms with Gasteiger partial charge < -0.3 is 15.2 Å². The summed E-state index contributed by atoms with van der Waals surface area (Å²) in [4.78, 5) is 11.4. The third kappa shape index (κ3) is 5.16. The van der Waals surface area contributed by atoms with Crippen LogP contribution in [0.4, 0.5) is 13.2 Å². The molecule has 0 radical (unpaired) electrons. The average molecular weight is 300 g/mol. The molecule has 0 saturated heterocycles. The van der Waals surface area contributed by atoms with Gasteiger partial charge in [-0.25, -0.2) is 0 Å². The monoisotopic (exact) mass is 300 g/mol. The van der Waals surface area contributed by atoms with Crippen molar-refractivity contribution in [2.45, 2.75) is 18.5 Å². The zero-order valence-corrected chi connectivity index (χ0v) is 10.6. The van der Waals surface area contributed by atoms with E-state index in [2.05, 4.69) is 16.6 Å². The van der Waals surface area contributed by atoms with E-state index in [1.165, 1.54) is 12.1 Å². The van der Waals surface area contributed by atoms with Gasteiger partial charge in [-0.3, -0.25) is 4.79 Å². The summed E-state index contributed by atoms with van der Waals surface area (Å²) >= 11 is 0. The van der Waals surface area contributed by atoms with Crippen LogP contribution in [0.2, 0.25) is 0 Å². The fourth-order valence-corrected chi connectivity index (χ4v) is 1.39. The molecule has 0 fully saturated rings. The number of hydrogen-bond donors (Lipinski definition) is 2. The average Bonchev–Trinajstić information content (AvgIpc) is 2.43. The lowest BCUT2D eigenvalue weighted by Gasteiger charge is -2.14. The maximum Gasteiger partial charge on any atom is 0.573 e. The lowest BCUT2D eigenvalue weighted by atomic mass is 10.1. The molecule has 2 atom stereocenters. The standard InChI is InChI=1S/C13H11F3N2O3/c1-2-11(19)12(20)18-10(7-17)8-3-5-9(6-4-8)21-13(14,15)16/h2-6,10-11,19H,1H2,(H,18,20). The molecule has 112 valence electrons. The molecule has 0 aromatic heterocycles. The van der Waals surface area contributed by atoms with Crippen molar-refractivity contribution < 1.29 is 27.8 Å². The van der Waals surface area contributed by atoms with Crippen molar-refractivity contribution in [3.63, 3.8) is 0 Å². The van der Waals surface area contributed by atoms with Crippen molar-refractivity contribution in [2.24, 2.45) is 0 Å². The number of alkyl halides is 3. The Morgan fingerprint density at radius 3 is 2.43 bits per heavy atom. The first-order valence-corrected chi connectivity index (χ1v) is 5.63. The zero-order chi connectivity index (χ0) is 16.0. The van der Waals surface area contributed by atoms with E-state index < -0.39 is 30.2 Å². The van der Waals surface area contributed by atoms with Crippen LogP contribution in [0.25, 0.3) is 0 Å². The summed E-state index contributed by atoms with van der Waals surface area (Å²) in [6.45, 7) is 3.22. The summed E-state index contributed by atoms with van der Waals surface area (Å²) in [6.07, 6.45) is -5.31. The number of ether oxygens (including phenoxy) is 1. The van der Waals surface area contributed by atoms with E-state index in [1.807, 2.05) is 0 Å². The molecule has 0 spiro atoms. The number of rotatable bonds is 5. The number of nitriles is 1. The number of benzene rings is 1. The van der Waals surface area contributed by atoms with E-state index in [0.29, 0.717) is 0 Å². The molecule has 0 aliphatic heterocycles. The van der Waals surface area contributed by atoms with Crippen molar-refractivity contribution in [3.8, 4) is 11.8 Å². The second-order valence-corrected chi connectivity index (χ2v) is 3.87. The van der Waals surface area contributed by atoms with Gasteiger partial charge in [0.1, 0.15) is 11.8 Å². The topological polar surface area (TPSA) is 82.4 Å². The SMILES string of the molecule is C=CC(O)C(=O)NC(C#N)c1ccc(OC(F)(F)F)cc1. The summed E-state index contributed by atoms with van der Waals surface area (Å²) in [5, 5.41) is 20.4. The second-order valence-electron chi connectivity index (χ2n) is 3.87. The number of aliphatic hydroxyl groups is 1. The van der Waals surface area contributed by atoms with Crippen molar-refractivity contribution in [1.82, 2.24) is 5.32 Å². The van der Waals surface area contributed by atoms with E-state index in [1.54, 1.807) is 6.07 Å². The molecular weight excluding hydrogens is 289 g/mol. The minimum absolute atomic E-state index is 0.247. The van der Waals surface area contributed by atoms with Crippen LogP contribution < -0.4 is 10.1 Å². The molecule has 21 heavy (non-hydrogen) atoms. The Morgan fingerprint density at radius 1 is 1.43 bits per heavy atom.